The second-order valence-corrected chi connectivity index (χ2v) is 2.82. The average molecular weight is 252 g/mol. The maximum atomic E-state index is 11.6. The van der Waals surface area contributed by atoms with Gasteiger partial charge in [-0.15, -0.1) is 0 Å². The molecule has 0 aromatic heterocycles. The molecule has 8 heteroatoms. The van der Waals surface area contributed by atoms with Crippen molar-refractivity contribution in [2.75, 3.05) is 0 Å². The van der Waals surface area contributed by atoms with Crippen LogP contribution in [0, 0.1) is 0 Å². The van der Waals surface area contributed by atoms with E-state index in [0.29, 0.717) is 0 Å². The van der Waals surface area contributed by atoms with E-state index in [1.165, 1.54) is 6.92 Å². The molecule has 0 aliphatic rings. The van der Waals surface area contributed by atoms with Gasteiger partial charge >= 0.3 is 18.1 Å². The molecule has 16 heavy (non-hydrogen) atoms. The molecule has 0 fully saturated rings. The molecule has 0 saturated carbocycles. The van der Waals surface area contributed by atoms with E-state index < -0.39 is 24.2 Å². The second-order valence-electron chi connectivity index (χ2n) is 2.82. The highest BCUT2D eigenvalue weighted by Gasteiger charge is 2.61. The van der Waals surface area contributed by atoms with Gasteiger partial charge in [0.25, 0.3) is 0 Å². The second kappa shape index (κ2) is 5.76. The fraction of sp³-hybridized carbons (Fsp3) is 0.625. The summed E-state index contributed by atoms with van der Waals surface area (Å²) in [6.07, 6.45) is -8.99. The van der Waals surface area contributed by atoms with E-state index in [0.717, 1.165) is 0 Å². The fourth-order valence-corrected chi connectivity index (χ4v) is 0.226. The molecular formula is C8H10F6O2. The molecule has 2 nitrogen and oxygen atoms in total. The lowest BCUT2D eigenvalue weighted by atomic mass is 10.2. The topological polar surface area (TPSA) is 37.3 Å². The van der Waals surface area contributed by atoms with Gasteiger partial charge in [-0.2, -0.15) is 22.0 Å². The zero-order chi connectivity index (χ0) is 13.7. The third-order valence-corrected chi connectivity index (χ3v) is 1.24. The van der Waals surface area contributed by atoms with Crippen LogP contribution in [0.25, 0.3) is 0 Å². The van der Waals surface area contributed by atoms with E-state index >= 15 is 0 Å². The number of hydrogen-bond acceptors (Lipinski definition) is 1. The Kier molecular flexibility index (Phi) is 6.19. The quantitative estimate of drug-likeness (QED) is 0.605. The van der Waals surface area contributed by atoms with Crippen LogP contribution in [0.1, 0.15) is 13.8 Å². The van der Waals surface area contributed by atoms with Gasteiger partial charge in [-0.3, -0.25) is 0 Å². The summed E-state index contributed by atoms with van der Waals surface area (Å²) >= 11 is 0. The van der Waals surface area contributed by atoms with Crippen LogP contribution in [0.4, 0.5) is 26.3 Å². The van der Waals surface area contributed by atoms with Gasteiger partial charge in [-0.05, 0) is 13.8 Å². The van der Waals surface area contributed by atoms with Crippen LogP contribution in [0.5, 0.6) is 0 Å². The normalized spacial score (nSPS) is 13.5. The number of carbonyl (C=O) groups is 1. The number of rotatable bonds is 2. The van der Waals surface area contributed by atoms with Crippen molar-refractivity contribution < 1.29 is 36.2 Å². The largest absolute Gasteiger partial charge is 0.478 e. The van der Waals surface area contributed by atoms with Gasteiger partial charge in [0.1, 0.15) is 0 Å². The smallest absolute Gasteiger partial charge is 0.456 e. The highest BCUT2D eigenvalue weighted by molar-refractivity contribution is 5.84. The molecular weight excluding hydrogens is 242 g/mol. The Bertz CT molecular complexity index is 244. The monoisotopic (exact) mass is 252 g/mol. The van der Waals surface area contributed by atoms with Crippen molar-refractivity contribution in [3.8, 4) is 0 Å². The van der Waals surface area contributed by atoms with Crippen molar-refractivity contribution in [2.45, 2.75) is 32.1 Å². The molecule has 0 aromatic carbocycles. The Labute approximate surface area is 87.6 Å². The zero-order valence-corrected chi connectivity index (χ0v) is 8.41. The Hall–Kier alpha value is -1.21. The summed E-state index contributed by atoms with van der Waals surface area (Å²) in [5, 5.41) is 7.89. The molecule has 1 atom stereocenters. The standard InChI is InChI=1S/C4H4F6.C4H6O2/c1-2(5)3(6,7)4(8,9)10;1-3(2)4(5)6/h2H,1H3;1H2,2H3,(H,5,6). The number of carboxylic acid groups (broad SMARTS) is 1. The van der Waals surface area contributed by atoms with Gasteiger partial charge in [0.05, 0.1) is 0 Å². The molecule has 0 radical (unpaired) electrons. The van der Waals surface area contributed by atoms with Crippen LogP contribution in [-0.2, 0) is 4.79 Å². The molecule has 0 bridgehead atoms. The summed E-state index contributed by atoms with van der Waals surface area (Å²) in [4.78, 5) is 9.60. The van der Waals surface area contributed by atoms with Crippen LogP contribution in [-0.4, -0.2) is 29.3 Å². The third kappa shape index (κ3) is 5.62. The van der Waals surface area contributed by atoms with Gasteiger partial charge in [-0.25, -0.2) is 9.18 Å². The summed E-state index contributed by atoms with van der Waals surface area (Å²) in [5.41, 5.74) is 0.176. The minimum atomic E-state index is -5.79. The molecule has 1 N–H and O–H groups in total. The molecule has 0 heterocycles. The first-order valence-electron chi connectivity index (χ1n) is 3.81. The maximum Gasteiger partial charge on any atom is 0.456 e. The highest BCUT2D eigenvalue weighted by atomic mass is 19.4. The highest BCUT2D eigenvalue weighted by Crippen LogP contribution is 2.38. The van der Waals surface area contributed by atoms with Crippen LogP contribution in [0.3, 0.4) is 0 Å². The maximum absolute atomic E-state index is 11.6. The Morgan fingerprint density at radius 3 is 1.50 bits per heavy atom. The first-order valence-corrected chi connectivity index (χ1v) is 3.81. The summed E-state index contributed by atoms with van der Waals surface area (Å²) in [6, 6.07) is 0. The summed E-state index contributed by atoms with van der Waals surface area (Å²) in [5.74, 6) is -6.16. The molecule has 0 rings (SSSR count). The summed E-state index contributed by atoms with van der Waals surface area (Å²) < 4.78 is 67.9. The predicted molar refractivity (Wildman–Crippen MR) is 44.0 cm³/mol. The minimum Gasteiger partial charge on any atom is -0.478 e. The lowest BCUT2D eigenvalue weighted by Crippen LogP contribution is -2.43. The number of carboxylic acids is 1. The van der Waals surface area contributed by atoms with Crippen molar-refractivity contribution in [3.05, 3.63) is 12.2 Å². The van der Waals surface area contributed by atoms with Gasteiger partial charge < -0.3 is 5.11 Å². The first-order chi connectivity index (χ1) is 6.84. The average Bonchev–Trinajstić information content (AvgIpc) is 2.02. The lowest BCUT2D eigenvalue weighted by molar-refractivity contribution is -0.300. The van der Waals surface area contributed by atoms with Crippen LogP contribution in [0.15, 0.2) is 12.2 Å². The molecule has 0 amide bonds. The molecule has 0 saturated heterocycles. The van der Waals surface area contributed by atoms with Crippen molar-refractivity contribution >= 4 is 5.97 Å². The SMILES string of the molecule is C=C(C)C(=O)O.CC(F)C(F)(F)C(F)(F)F. The minimum absolute atomic E-state index is 0.160. The van der Waals surface area contributed by atoms with Crippen LogP contribution < -0.4 is 0 Å². The van der Waals surface area contributed by atoms with E-state index in [1.54, 1.807) is 0 Å². The Morgan fingerprint density at radius 1 is 1.25 bits per heavy atom. The number of halogens is 6. The van der Waals surface area contributed by atoms with Crippen molar-refractivity contribution in [1.82, 2.24) is 0 Å². The van der Waals surface area contributed by atoms with Crippen molar-refractivity contribution in [2.24, 2.45) is 0 Å². The zero-order valence-electron chi connectivity index (χ0n) is 8.41. The van der Waals surface area contributed by atoms with Gasteiger partial charge in [0.2, 0.25) is 0 Å². The fourth-order valence-electron chi connectivity index (χ4n) is 0.226. The molecule has 0 aliphatic heterocycles. The van der Waals surface area contributed by atoms with E-state index in [-0.39, 0.29) is 12.5 Å². The summed E-state index contributed by atoms with van der Waals surface area (Å²) in [6.45, 7) is 4.76. The lowest BCUT2D eigenvalue weighted by Gasteiger charge is -2.19. The molecule has 96 valence electrons. The molecule has 0 aromatic rings. The first kappa shape index (κ1) is 17.2. The predicted octanol–water partition coefficient (Wildman–Crippen LogP) is 3.19. The number of hydrogen-bond donors (Lipinski definition) is 1. The van der Waals surface area contributed by atoms with Gasteiger partial charge in [-0.1, -0.05) is 6.58 Å². The number of aliphatic carboxylic acids is 1. The van der Waals surface area contributed by atoms with Gasteiger partial charge in [0.15, 0.2) is 6.17 Å². The summed E-state index contributed by atoms with van der Waals surface area (Å²) in [7, 11) is 0. The van der Waals surface area contributed by atoms with Crippen molar-refractivity contribution in [3.63, 3.8) is 0 Å². The van der Waals surface area contributed by atoms with Crippen LogP contribution >= 0.6 is 0 Å². The van der Waals surface area contributed by atoms with Crippen molar-refractivity contribution in [1.29, 1.82) is 0 Å². The van der Waals surface area contributed by atoms with E-state index in [2.05, 4.69) is 6.58 Å². The van der Waals surface area contributed by atoms with E-state index in [9.17, 15) is 31.1 Å². The molecule has 1 unspecified atom stereocenters. The van der Waals surface area contributed by atoms with E-state index in [4.69, 9.17) is 5.11 Å². The third-order valence-electron chi connectivity index (χ3n) is 1.24. The molecule has 0 spiro atoms. The van der Waals surface area contributed by atoms with E-state index in [1.807, 2.05) is 0 Å². The molecule has 0 aliphatic carbocycles. The van der Waals surface area contributed by atoms with Crippen LogP contribution in [0.2, 0.25) is 0 Å². The Morgan fingerprint density at radius 2 is 1.50 bits per heavy atom. The van der Waals surface area contributed by atoms with Gasteiger partial charge in [0, 0.05) is 5.57 Å². The Balaban J connectivity index is 0. The number of alkyl halides is 6.